The Morgan fingerprint density at radius 3 is 2.48 bits per heavy atom. The third-order valence-electron chi connectivity index (χ3n) is 5.39. The molecule has 0 saturated carbocycles. The summed E-state index contributed by atoms with van der Waals surface area (Å²) in [5.74, 6) is 2.12. The van der Waals surface area contributed by atoms with Crippen LogP contribution >= 0.6 is 0 Å². The molecule has 0 N–H and O–H groups in total. The average Bonchev–Trinajstić information content (AvgIpc) is 3.35. The summed E-state index contributed by atoms with van der Waals surface area (Å²) in [4.78, 5) is 37.7. The normalized spacial score (nSPS) is 14.2. The molecule has 1 unspecified atom stereocenters. The van der Waals surface area contributed by atoms with Crippen LogP contribution in [0.5, 0.6) is 11.5 Å². The van der Waals surface area contributed by atoms with E-state index in [0.717, 1.165) is 24.3 Å². The van der Waals surface area contributed by atoms with E-state index in [9.17, 15) is 4.79 Å². The molecule has 2 aromatic heterocycles. The maximum Gasteiger partial charge on any atom is 0.373 e. The van der Waals surface area contributed by atoms with Crippen molar-refractivity contribution in [3.8, 4) is 23.0 Å². The molecule has 5 rings (SSSR count). The first-order chi connectivity index (χ1) is 16.2. The van der Waals surface area contributed by atoms with E-state index in [0.29, 0.717) is 17.9 Å². The lowest BCUT2D eigenvalue weighted by Crippen LogP contribution is -2.23. The number of para-hydroxylation sites is 1. The van der Waals surface area contributed by atoms with Gasteiger partial charge < -0.3 is 9.15 Å². The quantitative estimate of drug-likeness (QED) is 0.406. The van der Waals surface area contributed by atoms with Gasteiger partial charge in [-0.25, -0.2) is 4.98 Å². The summed E-state index contributed by atoms with van der Waals surface area (Å²) in [5, 5.41) is 0. The molecule has 1 aliphatic rings. The van der Waals surface area contributed by atoms with E-state index in [1.165, 1.54) is 11.1 Å². The lowest BCUT2D eigenvalue weighted by Gasteiger charge is -2.23. The molecule has 7 nitrogen and oxygen atoms in total. The summed E-state index contributed by atoms with van der Waals surface area (Å²) in [7, 11) is 0. The van der Waals surface area contributed by atoms with Gasteiger partial charge in [-0.2, -0.15) is 9.59 Å². The topological polar surface area (TPSA) is 99.4 Å². The average molecular weight is 440 g/mol. The zero-order valence-corrected chi connectivity index (χ0v) is 17.6. The Hall–Kier alpha value is -4.35. The highest BCUT2D eigenvalue weighted by molar-refractivity contribution is 5.94. The summed E-state index contributed by atoms with van der Waals surface area (Å²) in [5.41, 5.74) is 3.08. The largest absolute Gasteiger partial charge is 0.457 e. The van der Waals surface area contributed by atoms with Crippen LogP contribution in [0.1, 0.15) is 28.2 Å². The van der Waals surface area contributed by atoms with Gasteiger partial charge in [-0.15, -0.1) is 0 Å². The second kappa shape index (κ2) is 10.3. The van der Waals surface area contributed by atoms with E-state index in [1.54, 1.807) is 12.4 Å². The number of carbonyl (C=O) groups is 1. The lowest BCUT2D eigenvalue weighted by atomic mass is 9.81. The summed E-state index contributed by atoms with van der Waals surface area (Å²) in [6.07, 6.45) is 5.78. The van der Waals surface area contributed by atoms with Gasteiger partial charge in [0.05, 0.1) is 6.20 Å². The molecule has 7 heteroatoms. The fourth-order valence-electron chi connectivity index (χ4n) is 3.83. The molecule has 0 saturated heterocycles. The Labute approximate surface area is 190 Å². The molecule has 164 valence electrons. The monoisotopic (exact) mass is 440 g/mol. The Kier molecular flexibility index (Phi) is 6.83. The van der Waals surface area contributed by atoms with Crippen LogP contribution in [0.25, 0.3) is 11.5 Å². The SMILES string of the molecule is O=C(c1ncc(-c2ccccn2)o1)C1CCc2cc(Oc3ccccc3)ccc2C1.O=C=O. The standard InChI is InChI=1S/C25H20N2O3.CO2/c28-24(25-27-16-23(30-25)22-8-4-5-13-26-22)19-10-9-18-15-21(12-11-17(18)14-19)29-20-6-2-1-3-7-20;2-1-3/h1-8,11-13,15-16,19H,9-10,14H2;. The number of benzene rings is 2. The molecule has 2 aromatic carbocycles. The first-order valence-corrected chi connectivity index (χ1v) is 10.4. The Morgan fingerprint density at radius 2 is 1.73 bits per heavy atom. The highest BCUT2D eigenvalue weighted by atomic mass is 16.5. The highest BCUT2D eigenvalue weighted by Crippen LogP contribution is 2.32. The molecular formula is C26H20N2O5. The van der Waals surface area contributed by atoms with Gasteiger partial charge in [0.15, 0.2) is 5.76 Å². The number of fused-ring (bicyclic) bond motifs is 1. The maximum absolute atomic E-state index is 13.0. The fourth-order valence-corrected chi connectivity index (χ4v) is 3.83. The highest BCUT2D eigenvalue weighted by Gasteiger charge is 2.29. The number of hydrogen-bond donors (Lipinski definition) is 0. The van der Waals surface area contributed by atoms with E-state index in [1.807, 2.05) is 54.6 Å². The van der Waals surface area contributed by atoms with Gasteiger partial charge in [-0.1, -0.05) is 30.3 Å². The number of Topliss-reactive ketones (excluding diaryl/α,β-unsaturated/α-hetero) is 1. The van der Waals surface area contributed by atoms with Crippen molar-refractivity contribution < 1.29 is 23.5 Å². The van der Waals surface area contributed by atoms with Crippen molar-refractivity contribution in [2.75, 3.05) is 0 Å². The van der Waals surface area contributed by atoms with E-state index in [4.69, 9.17) is 18.7 Å². The summed E-state index contributed by atoms with van der Waals surface area (Å²) in [6.45, 7) is 0. The number of carbonyl (C=O) groups excluding carboxylic acids is 3. The minimum absolute atomic E-state index is 0.0487. The van der Waals surface area contributed by atoms with Gasteiger partial charge >= 0.3 is 6.15 Å². The molecule has 0 aliphatic heterocycles. The van der Waals surface area contributed by atoms with Crippen LogP contribution in [0, 0.1) is 5.92 Å². The molecule has 0 bridgehead atoms. The molecule has 4 aromatic rings. The second-order valence-electron chi connectivity index (χ2n) is 7.48. The maximum atomic E-state index is 13.0. The van der Waals surface area contributed by atoms with Crippen molar-refractivity contribution in [2.24, 2.45) is 5.92 Å². The van der Waals surface area contributed by atoms with Crippen molar-refractivity contribution in [1.29, 1.82) is 0 Å². The number of pyridine rings is 1. The zero-order chi connectivity index (χ0) is 23.0. The van der Waals surface area contributed by atoms with Gasteiger partial charge in [0, 0.05) is 12.1 Å². The predicted octanol–water partition coefficient (Wildman–Crippen LogP) is 4.93. The van der Waals surface area contributed by atoms with Gasteiger partial charge in [-0.3, -0.25) is 9.78 Å². The number of nitrogens with zero attached hydrogens (tertiary/aromatic N) is 2. The third-order valence-corrected chi connectivity index (χ3v) is 5.39. The summed E-state index contributed by atoms with van der Waals surface area (Å²) < 4.78 is 11.7. The number of oxazole rings is 1. The van der Waals surface area contributed by atoms with Crippen LogP contribution < -0.4 is 4.74 Å². The Balaban J connectivity index is 0.000000821. The molecule has 2 heterocycles. The van der Waals surface area contributed by atoms with Crippen LogP contribution in [0.3, 0.4) is 0 Å². The number of ether oxygens (including phenoxy) is 1. The van der Waals surface area contributed by atoms with Gasteiger partial charge in [-0.05, 0) is 66.8 Å². The van der Waals surface area contributed by atoms with Crippen molar-refractivity contribution in [3.05, 3.63) is 96.1 Å². The van der Waals surface area contributed by atoms with Gasteiger partial charge in [0.25, 0.3) is 5.89 Å². The Morgan fingerprint density at radius 1 is 0.939 bits per heavy atom. The first kappa shape index (κ1) is 21.9. The van der Waals surface area contributed by atoms with E-state index < -0.39 is 0 Å². The van der Waals surface area contributed by atoms with Crippen LogP contribution in [0.2, 0.25) is 0 Å². The van der Waals surface area contributed by atoms with E-state index in [2.05, 4.69) is 22.1 Å². The molecule has 1 atom stereocenters. The molecule has 0 spiro atoms. The smallest absolute Gasteiger partial charge is 0.373 e. The summed E-state index contributed by atoms with van der Waals surface area (Å²) in [6, 6.07) is 21.4. The van der Waals surface area contributed by atoms with Crippen molar-refractivity contribution >= 4 is 11.9 Å². The minimum Gasteiger partial charge on any atom is -0.457 e. The summed E-state index contributed by atoms with van der Waals surface area (Å²) >= 11 is 0. The first-order valence-electron chi connectivity index (χ1n) is 10.4. The molecular weight excluding hydrogens is 420 g/mol. The molecule has 0 amide bonds. The number of ketones is 1. The molecule has 33 heavy (non-hydrogen) atoms. The van der Waals surface area contributed by atoms with Crippen molar-refractivity contribution in [1.82, 2.24) is 9.97 Å². The number of rotatable bonds is 5. The van der Waals surface area contributed by atoms with Crippen LogP contribution in [-0.2, 0) is 22.4 Å². The van der Waals surface area contributed by atoms with Gasteiger partial charge in [0.2, 0.25) is 5.78 Å². The molecule has 1 aliphatic carbocycles. The number of hydrogen-bond acceptors (Lipinski definition) is 7. The number of aryl methyl sites for hydroxylation is 1. The van der Waals surface area contributed by atoms with Crippen LogP contribution in [-0.4, -0.2) is 21.9 Å². The van der Waals surface area contributed by atoms with Crippen LogP contribution in [0.15, 0.2) is 83.5 Å². The molecule has 0 radical (unpaired) electrons. The number of aromatic nitrogens is 2. The van der Waals surface area contributed by atoms with Crippen LogP contribution in [0.4, 0.5) is 0 Å². The van der Waals surface area contributed by atoms with E-state index >= 15 is 0 Å². The van der Waals surface area contributed by atoms with Gasteiger partial charge in [0.1, 0.15) is 17.2 Å². The van der Waals surface area contributed by atoms with Crippen molar-refractivity contribution in [2.45, 2.75) is 19.3 Å². The fraction of sp³-hybridized carbons (Fsp3) is 0.154. The predicted molar refractivity (Wildman–Crippen MR) is 118 cm³/mol. The molecule has 0 fully saturated rings. The van der Waals surface area contributed by atoms with Crippen molar-refractivity contribution in [3.63, 3.8) is 0 Å². The minimum atomic E-state index is -0.131. The lowest BCUT2D eigenvalue weighted by molar-refractivity contribution is -0.191. The van der Waals surface area contributed by atoms with E-state index in [-0.39, 0.29) is 23.7 Å². The Bertz CT molecular complexity index is 1260. The second-order valence-corrected chi connectivity index (χ2v) is 7.48. The third kappa shape index (κ3) is 5.29. The zero-order valence-electron chi connectivity index (χ0n) is 17.6.